The van der Waals surface area contributed by atoms with E-state index in [4.69, 9.17) is 9.72 Å². The van der Waals surface area contributed by atoms with Crippen LogP contribution in [0.1, 0.15) is 44.1 Å². The molecule has 32 heavy (non-hydrogen) atoms. The largest absolute Gasteiger partial charge is 0.492 e. The van der Waals surface area contributed by atoms with Gasteiger partial charge < -0.3 is 15.2 Å². The fraction of sp³-hybridized carbons (Fsp3) is 0.462. The van der Waals surface area contributed by atoms with Crippen molar-refractivity contribution in [2.24, 2.45) is 0 Å². The summed E-state index contributed by atoms with van der Waals surface area (Å²) in [6.45, 7) is 2.80. The molecule has 1 aliphatic heterocycles. The Bertz CT molecular complexity index is 1020. The van der Waals surface area contributed by atoms with Crippen LogP contribution in [0.15, 0.2) is 54.7 Å². The van der Waals surface area contributed by atoms with Crippen molar-refractivity contribution >= 4 is 16.9 Å². The summed E-state index contributed by atoms with van der Waals surface area (Å²) in [4.78, 5) is 11.7. The Balaban J connectivity index is 1.21. The molecule has 2 N–H and O–H groups in total. The minimum absolute atomic E-state index is 0.159. The van der Waals surface area contributed by atoms with Crippen molar-refractivity contribution < 1.29 is 9.84 Å². The number of aromatic nitrogens is 2. The predicted molar refractivity (Wildman–Crippen MR) is 127 cm³/mol. The van der Waals surface area contributed by atoms with Gasteiger partial charge in [-0.15, -0.1) is 0 Å². The number of nitrogens with zero attached hydrogens (tertiary/aromatic N) is 3. The summed E-state index contributed by atoms with van der Waals surface area (Å²) in [7, 11) is 0. The van der Waals surface area contributed by atoms with Crippen LogP contribution >= 0.6 is 0 Å². The Morgan fingerprint density at radius 1 is 1.03 bits per heavy atom. The third-order valence-electron chi connectivity index (χ3n) is 6.75. The molecule has 6 nitrogen and oxygen atoms in total. The normalized spacial score (nSPS) is 24.0. The number of nitrogens with one attached hydrogen (secondary N) is 1. The lowest BCUT2D eigenvalue weighted by Crippen LogP contribution is -2.33. The van der Waals surface area contributed by atoms with Gasteiger partial charge in [0.1, 0.15) is 12.4 Å². The number of likely N-dealkylation sites (tertiary alicyclic amines) is 1. The summed E-state index contributed by atoms with van der Waals surface area (Å²) in [5, 5.41) is 14.2. The third-order valence-corrected chi connectivity index (χ3v) is 6.75. The van der Waals surface area contributed by atoms with Gasteiger partial charge in [-0.3, -0.25) is 4.90 Å². The Morgan fingerprint density at radius 2 is 1.88 bits per heavy atom. The highest BCUT2D eigenvalue weighted by Crippen LogP contribution is 2.25. The molecule has 0 bridgehead atoms. The van der Waals surface area contributed by atoms with Gasteiger partial charge in [0.25, 0.3) is 0 Å². The van der Waals surface area contributed by atoms with Crippen molar-refractivity contribution in [3.05, 3.63) is 60.3 Å². The van der Waals surface area contributed by atoms with Crippen molar-refractivity contribution in [2.45, 2.75) is 63.3 Å². The number of aliphatic hydroxyl groups excluding tert-OH is 1. The van der Waals surface area contributed by atoms with E-state index in [2.05, 4.69) is 45.5 Å². The van der Waals surface area contributed by atoms with Crippen LogP contribution in [0.2, 0.25) is 0 Å². The first-order valence-corrected chi connectivity index (χ1v) is 11.8. The van der Waals surface area contributed by atoms with E-state index < -0.39 is 0 Å². The van der Waals surface area contributed by atoms with Gasteiger partial charge in [0.2, 0.25) is 5.95 Å². The molecular weight excluding hydrogens is 400 g/mol. The van der Waals surface area contributed by atoms with Gasteiger partial charge in [-0.2, -0.15) is 0 Å². The summed E-state index contributed by atoms with van der Waals surface area (Å²) in [6, 6.07) is 17.5. The maximum Gasteiger partial charge on any atom is 0.223 e. The average molecular weight is 433 g/mol. The Morgan fingerprint density at radius 3 is 2.72 bits per heavy atom. The summed E-state index contributed by atoms with van der Waals surface area (Å²) in [5.74, 6) is 1.51. The average Bonchev–Trinajstić information content (AvgIpc) is 3.26. The number of benzene rings is 2. The highest BCUT2D eigenvalue weighted by atomic mass is 16.5. The molecule has 168 valence electrons. The molecule has 2 aromatic carbocycles. The fourth-order valence-electron chi connectivity index (χ4n) is 4.87. The minimum atomic E-state index is -0.159. The maximum atomic E-state index is 9.71. The molecule has 2 aliphatic rings. The molecule has 2 heterocycles. The predicted octanol–water partition coefficient (Wildman–Crippen LogP) is 4.39. The maximum absolute atomic E-state index is 9.71. The smallest absolute Gasteiger partial charge is 0.223 e. The van der Waals surface area contributed by atoms with E-state index in [1.165, 1.54) is 18.4 Å². The summed E-state index contributed by atoms with van der Waals surface area (Å²) >= 11 is 0. The molecule has 0 unspecified atom stereocenters. The topological polar surface area (TPSA) is 70.5 Å². The zero-order valence-corrected chi connectivity index (χ0v) is 18.5. The number of ether oxygens (including phenoxy) is 1. The van der Waals surface area contributed by atoms with Crippen LogP contribution in [0.3, 0.4) is 0 Å². The molecule has 1 atom stereocenters. The second-order valence-electron chi connectivity index (χ2n) is 9.13. The van der Waals surface area contributed by atoms with Crippen molar-refractivity contribution in [2.75, 3.05) is 18.5 Å². The first-order valence-electron chi connectivity index (χ1n) is 11.8. The molecule has 0 amide bonds. The van der Waals surface area contributed by atoms with E-state index in [9.17, 15) is 5.11 Å². The highest BCUT2D eigenvalue weighted by Gasteiger charge is 2.25. The van der Waals surface area contributed by atoms with Crippen LogP contribution in [0.4, 0.5) is 5.95 Å². The number of aliphatic hydroxyl groups is 1. The number of hydrogen-bond acceptors (Lipinski definition) is 6. The second-order valence-corrected chi connectivity index (χ2v) is 9.13. The molecule has 0 radical (unpaired) electrons. The van der Waals surface area contributed by atoms with Gasteiger partial charge in [0.05, 0.1) is 11.6 Å². The van der Waals surface area contributed by atoms with Crippen molar-refractivity contribution in [3.8, 4) is 5.75 Å². The molecule has 5 rings (SSSR count). The summed E-state index contributed by atoms with van der Waals surface area (Å²) in [6.07, 6.45) is 7.68. The van der Waals surface area contributed by atoms with Gasteiger partial charge in [0, 0.05) is 36.3 Å². The van der Waals surface area contributed by atoms with Gasteiger partial charge >= 0.3 is 0 Å². The Kier molecular flexibility index (Phi) is 6.51. The fourth-order valence-corrected chi connectivity index (χ4v) is 4.87. The Hall–Kier alpha value is -2.70. The lowest BCUT2D eigenvalue weighted by Gasteiger charge is -2.26. The molecule has 1 saturated carbocycles. The molecule has 3 aromatic rings. The van der Waals surface area contributed by atoms with E-state index in [-0.39, 0.29) is 6.10 Å². The van der Waals surface area contributed by atoms with Crippen LogP contribution in [-0.2, 0) is 6.54 Å². The van der Waals surface area contributed by atoms with E-state index in [0.29, 0.717) is 24.6 Å². The SMILES string of the molecule is OC1CCC(Nc2ncc3ccc(OC[C@H]4CCCN4Cc4ccccc4)cc3n2)CC1. The van der Waals surface area contributed by atoms with Crippen LogP contribution in [0.5, 0.6) is 5.75 Å². The van der Waals surface area contributed by atoms with Crippen molar-refractivity contribution in [3.63, 3.8) is 0 Å². The molecule has 6 heteroatoms. The minimum Gasteiger partial charge on any atom is -0.492 e. The van der Waals surface area contributed by atoms with E-state index in [1.54, 1.807) is 0 Å². The van der Waals surface area contributed by atoms with Crippen LogP contribution in [-0.4, -0.2) is 51.3 Å². The quantitative estimate of drug-likeness (QED) is 0.577. The molecular formula is C26H32N4O2. The van der Waals surface area contributed by atoms with Crippen molar-refractivity contribution in [1.29, 1.82) is 0 Å². The molecule has 2 fully saturated rings. The van der Waals surface area contributed by atoms with Gasteiger partial charge in [-0.1, -0.05) is 30.3 Å². The van der Waals surface area contributed by atoms with Gasteiger partial charge in [0.15, 0.2) is 0 Å². The van der Waals surface area contributed by atoms with Crippen LogP contribution in [0, 0.1) is 0 Å². The first kappa shape index (κ1) is 21.2. The second kappa shape index (κ2) is 9.84. The third kappa shape index (κ3) is 5.19. The van der Waals surface area contributed by atoms with E-state index in [0.717, 1.165) is 55.4 Å². The Labute approximate surface area is 189 Å². The zero-order valence-electron chi connectivity index (χ0n) is 18.5. The number of anilines is 1. The molecule has 0 spiro atoms. The van der Waals surface area contributed by atoms with Crippen LogP contribution < -0.4 is 10.1 Å². The zero-order chi connectivity index (χ0) is 21.8. The van der Waals surface area contributed by atoms with Crippen molar-refractivity contribution in [1.82, 2.24) is 14.9 Å². The van der Waals surface area contributed by atoms with Gasteiger partial charge in [-0.25, -0.2) is 9.97 Å². The highest BCUT2D eigenvalue weighted by molar-refractivity contribution is 5.80. The first-order chi connectivity index (χ1) is 15.7. The van der Waals surface area contributed by atoms with Gasteiger partial charge in [-0.05, 0) is 62.8 Å². The molecule has 1 aromatic heterocycles. The summed E-state index contributed by atoms with van der Waals surface area (Å²) < 4.78 is 6.22. The lowest BCUT2D eigenvalue weighted by atomic mass is 9.93. The summed E-state index contributed by atoms with van der Waals surface area (Å²) in [5.41, 5.74) is 2.25. The van der Waals surface area contributed by atoms with Crippen LogP contribution in [0.25, 0.3) is 10.9 Å². The standard InChI is InChI=1S/C26H32N4O2/c31-23-11-9-21(10-12-23)28-26-27-16-20-8-13-24(15-25(20)29-26)32-18-22-7-4-14-30(22)17-19-5-2-1-3-6-19/h1-3,5-6,8,13,15-16,21-23,31H,4,7,9-12,14,17-18H2,(H,27,28,29)/t21?,22-,23?/m1/s1. The van der Waals surface area contributed by atoms with E-state index in [1.807, 2.05) is 24.4 Å². The molecule has 1 saturated heterocycles. The molecule has 1 aliphatic carbocycles. The number of hydrogen-bond donors (Lipinski definition) is 2. The lowest BCUT2D eigenvalue weighted by molar-refractivity contribution is 0.126. The number of rotatable bonds is 7. The monoisotopic (exact) mass is 432 g/mol. The number of fused-ring (bicyclic) bond motifs is 1. The van der Waals surface area contributed by atoms with E-state index >= 15 is 0 Å².